The first-order chi connectivity index (χ1) is 17.8. The number of ether oxygens (including phenoxy) is 2. The number of anilines is 2. The van der Waals surface area contributed by atoms with Crippen molar-refractivity contribution in [3.63, 3.8) is 0 Å². The monoisotopic (exact) mass is 525 g/mol. The van der Waals surface area contributed by atoms with Gasteiger partial charge >= 0.3 is 0 Å². The molecule has 0 aliphatic carbocycles. The Morgan fingerprint density at radius 3 is 2.24 bits per heavy atom. The van der Waals surface area contributed by atoms with Crippen LogP contribution in [0.5, 0.6) is 11.5 Å². The third-order valence-corrected chi connectivity index (χ3v) is 7.32. The predicted molar refractivity (Wildman–Crippen MR) is 143 cm³/mol. The van der Waals surface area contributed by atoms with Gasteiger partial charge in [0, 0.05) is 6.54 Å². The number of hydrogen-bond acceptors (Lipinski definition) is 6. The van der Waals surface area contributed by atoms with Gasteiger partial charge in [0.2, 0.25) is 5.91 Å². The summed E-state index contributed by atoms with van der Waals surface area (Å²) in [5, 5.41) is 5.52. The molecule has 10 heteroatoms. The van der Waals surface area contributed by atoms with Gasteiger partial charge in [0.25, 0.3) is 15.9 Å². The Bertz CT molecular complexity index is 1330. The maximum Gasteiger partial charge on any atom is 0.264 e. The SMILES string of the molecule is CCCCNC(=O)c1ccccc1NC(=O)CN(c1ccccc1OC)S(=O)(=O)c1ccc(OC)cc1. The fourth-order valence-corrected chi connectivity index (χ4v) is 5.03. The minimum atomic E-state index is -4.18. The van der Waals surface area contributed by atoms with E-state index in [9.17, 15) is 18.0 Å². The minimum Gasteiger partial charge on any atom is -0.497 e. The number of benzene rings is 3. The van der Waals surface area contributed by atoms with Crippen LogP contribution >= 0.6 is 0 Å². The quantitative estimate of drug-likeness (QED) is 0.345. The maximum absolute atomic E-state index is 13.7. The van der Waals surface area contributed by atoms with Crippen molar-refractivity contribution in [2.75, 3.05) is 36.9 Å². The summed E-state index contributed by atoms with van der Waals surface area (Å²) in [6.45, 7) is 1.98. The van der Waals surface area contributed by atoms with Crippen LogP contribution in [0.15, 0.2) is 77.7 Å². The lowest BCUT2D eigenvalue weighted by molar-refractivity contribution is -0.114. The van der Waals surface area contributed by atoms with Gasteiger partial charge in [0.15, 0.2) is 0 Å². The zero-order valence-corrected chi connectivity index (χ0v) is 21.9. The Labute approximate surface area is 217 Å². The lowest BCUT2D eigenvalue weighted by atomic mass is 10.1. The molecule has 9 nitrogen and oxygen atoms in total. The molecule has 0 unspecified atom stereocenters. The lowest BCUT2D eigenvalue weighted by Gasteiger charge is -2.26. The zero-order chi connectivity index (χ0) is 26.8. The van der Waals surface area contributed by atoms with Crippen LogP contribution in [-0.2, 0) is 14.8 Å². The number of carbonyl (C=O) groups is 2. The van der Waals surface area contributed by atoms with E-state index in [1.807, 2.05) is 6.92 Å². The fourth-order valence-electron chi connectivity index (χ4n) is 3.59. The highest BCUT2D eigenvalue weighted by atomic mass is 32.2. The molecule has 3 aromatic rings. The maximum atomic E-state index is 13.7. The molecule has 0 saturated carbocycles. The van der Waals surface area contributed by atoms with Gasteiger partial charge in [0.05, 0.1) is 36.1 Å². The Morgan fingerprint density at radius 2 is 1.57 bits per heavy atom. The smallest absolute Gasteiger partial charge is 0.264 e. The van der Waals surface area contributed by atoms with E-state index in [1.165, 1.54) is 38.5 Å². The molecule has 2 amide bonds. The number of nitrogens with one attached hydrogen (secondary N) is 2. The molecule has 3 rings (SSSR count). The van der Waals surface area contributed by atoms with Crippen LogP contribution in [0.4, 0.5) is 11.4 Å². The number of nitrogens with zero attached hydrogens (tertiary/aromatic N) is 1. The molecule has 0 spiro atoms. The van der Waals surface area contributed by atoms with Crippen LogP contribution in [-0.4, -0.2) is 47.5 Å². The van der Waals surface area contributed by atoms with Gasteiger partial charge in [-0.15, -0.1) is 0 Å². The normalized spacial score (nSPS) is 10.9. The summed E-state index contributed by atoms with van der Waals surface area (Å²) in [6, 6.07) is 19.0. The zero-order valence-electron chi connectivity index (χ0n) is 21.1. The van der Waals surface area contributed by atoms with Crippen LogP contribution in [0.3, 0.4) is 0 Å². The molecular formula is C27H31N3O6S. The van der Waals surface area contributed by atoms with Crippen molar-refractivity contribution in [1.82, 2.24) is 5.32 Å². The van der Waals surface area contributed by atoms with E-state index in [2.05, 4.69) is 10.6 Å². The van der Waals surface area contributed by atoms with Gasteiger partial charge in [-0.3, -0.25) is 13.9 Å². The van der Waals surface area contributed by atoms with Crippen molar-refractivity contribution >= 4 is 33.2 Å². The second-order valence-electron chi connectivity index (χ2n) is 8.06. The first-order valence-corrected chi connectivity index (χ1v) is 13.2. The molecule has 196 valence electrons. The molecule has 3 aromatic carbocycles. The fraction of sp³-hybridized carbons (Fsp3) is 0.259. The number of methoxy groups -OCH3 is 2. The molecule has 0 aliphatic heterocycles. The van der Waals surface area contributed by atoms with E-state index < -0.39 is 22.5 Å². The predicted octanol–water partition coefficient (Wildman–Crippen LogP) is 4.07. The van der Waals surface area contributed by atoms with Crippen molar-refractivity contribution < 1.29 is 27.5 Å². The number of sulfonamides is 1. The lowest BCUT2D eigenvalue weighted by Crippen LogP contribution is -2.38. The summed E-state index contributed by atoms with van der Waals surface area (Å²) in [4.78, 5) is 25.8. The minimum absolute atomic E-state index is 0.0253. The Kier molecular flexibility index (Phi) is 9.51. The number of carbonyl (C=O) groups excluding carboxylic acids is 2. The molecule has 0 atom stereocenters. The van der Waals surface area contributed by atoms with Crippen molar-refractivity contribution in [2.24, 2.45) is 0 Å². The molecule has 0 aromatic heterocycles. The topological polar surface area (TPSA) is 114 Å². The molecule has 0 saturated heterocycles. The molecule has 0 heterocycles. The average molecular weight is 526 g/mol. The molecule has 37 heavy (non-hydrogen) atoms. The van der Waals surface area contributed by atoms with Crippen LogP contribution in [0.2, 0.25) is 0 Å². The van der Waals surface area contributed by atoms with Gasteiger partial charge in [0.1, 0.15) is 18.0 Å². The molecule has 0 fully saturated rings. The van der Waals surface area contributed by atoms with Crippen molar-refractivity contribution in [3.8, 4) is 11.5 Å². The standard InChI is InChI=1S/C27H31N3O6S/c1-4-5-18-28-27(32)22-10-6-7-11-23(22)29-26(31)19-30(24-12-8-9-13-25(24)36-3)37(33,34)21-16-14-20(35-2)15-17-21/h6-17H,4-5,18-19H2,1-3H3,(H,28,32)(H,29,31). The van der Waals surface area contributed by atoms with E-state index in [-0.39, 0.29) is 33.5 Å². The highest BCUT2D eigenvalue weighted by Gasteiger charge is 2.29. The van der Waals surface area contributed by atoms with Crippen molar-refractivity contribution in [2.45, 2.75) is 24.7 Å². The Morgan fingerprint density at radius 1 is 0.892 bits per heavy atom. The molecular weight excluding hydrogens is 494 g/mol. The van der Waals surface area contributed by atoms with Crippen molar-refractivity contribution in [3.05, 3.63) is 78.4 Å². The molecule has 0 radical (unpaired) electrons. The molecule has 0 aliphatic rings. The van der Waals surface area contributed by atoms with Crippen LogP contribution in [0.1, 0.15) is 30.1 Å². The Balaban J connectivity index is 1.93. The number of unbranched alkanes of at least 4 members (excludes halogenated alkanes) is 1. The van der Waals surface area contributed by atoms with E-state index >= 15 is 0 Å². The van der Waals surface area contributed by atoms with Gasteiger partial charge in [-0.2, -0.15) is 0 Å². The van der Waals surface area contributed by atoms with E-state index in [1.54, 1.807) is 48.5 Å². The molecule has 0 bridgehead atoms. The van der Waals surface area contributed by atoms with Gasteiger partial charge in [-0.05, 0) is 55.0 Å². The molecule has 2 N–H and O–H groups in total. The van der Waals surface area contributed by atoms with Gasteiger partial charge in [-0.1, -0.05) is 37.6 Å². The second kappa shape index (κ2) is 12.8. The first-order valence-electron chi connectivity index (χ1n) is 11.8. The summed E-state index contributed by atoms with van der Waals surface area (Å²) in [7, 11) is -1.28. The summed E-state index contributed by atoms with van der Waals surface area (Å²) in [5.74, 6) is -0.175. The highest BCUT2D eigenvalue weighted by Crippen LogP contribution is 2.32. The average Bonchev–Trinajstić information content (AvgIpc) is 2.92. The highest BCUT2D eigenvalue weighted by molar-refractivity contribution is 7.92. The summed E-state index contributed by atoms with van der Waals surface area (Å²) >= 11 is 0. The van der Waals surface area contributed by atoms with Crippen LogP contribution < -0.4 is 24.4 Å². The number of amides is 2. The van der Waals surface area contributed by atoms with E-state index in [4.69, 9.17) is 9.47 Å². The Hall–Kier alpha value is -4.05. The summed E-state index contributed by atoms with van der Waals surface area (Å²) in [5.41, 5.74) is 0.763. The van der Waals surface area contributed by atoms with Gasteiger partial charge in [-0.25, -0.2) is 8.42 Å². The van der Waals surface area contributed by atoms with Crippen LogP contribution in [0, 0.1) is 0 Å². The number of rotatable bonds is 12. The third kappa shape index (κ3) is 6.79. The largest absolute Gasteiger partial charge is 0.497 e. The first kappa shape index (κ1) is 27.5. The second-order valence-corrected chi connectivity index (χ2v) is 9.92. The van der Waals surface area contributed by atoms with Crippen LogP contribution in [0.25, 0.3) is 0 Å². The van der Waals surface area contributed by atoms with E-state index in [0.717, 1.165) is 17.1 Å². The summed E-state index contributed by atoms with van der Waals surface area (Å²) < 4.78 is 38.9. The van der Waals surface area contributed by atoms with E-state index in [0.29, 0.717) is 12.3 Å². The number of para-hydroxylation sites is 3. The summed E-state index contributed by atoms with van der Waals surface area (Å²) in [6.07, 6.45) is 1.76. The van der Waals surface area contributed by atoms with Crippen molar-refractivity contribution in [1.29, 1.82) is 0 Å². The third-order valence-electron chi connectivity index (χ3n) is 5.55. The van der Waals surface area contributed by atoms with Gasteiger partial charge < -0.3 is 20.1 Å². The number of hydrogen-bond donors (Lipinski definition) is 2.